The Morgan fingerprint density at radius 3 is 2.79 bits per heavy atom. The quantitative estimate of drug-likeness (QED) is 0.636. The van der Waals surface area contributed by atoms with E-state index < -0.39 is 0 Å². The minimum absolute atomic E-state index is 0.483. The van der Waals surface area contributed by atoms with Crippen LogP contribution in [0.3, 0.4) is 0 Å². The van der Waals surface area contributed by atoms with E-state index in [1.54, 1.807) is 0 Å². The first-order chi connectivity index (χ1) is 6.68. The lowest BCUT2D eigenvalue weighted by Crippen LogP contribution is -1.95. The van der Waals surface area contributed by atoms with Crippen molar-refractivity contribution in [2.45, 2.75) is 6.92 Å². The van der Waals surface area contributed by atoms with Gasteiger partial charge in [0.15, 0.2) is 0 Å². The average Bonchev–Trinajstić information content (AvgIpc) is 2.17. The molecule has 0 aliphatic rings. The molecule has 0 bridgehead atoms. The summed E-state index contributed by atoms with van der Waals surface area (Å²) >= 11 is 1.98. The molecule has 0 saturated heterocycles. The van der Waals surface area contributed by atoms with Gasteiger partial charge in [-0.25, -0.2) is 4.98 Å². The molecule has 14 heavy (non-hydrogen) atoms. The van der Waals surface area contributed by atoms with E-state index in [2.05, 4.69) is 11.1 Å². The van der Waals surface area contributed by atoms with Crippen molar-refractivity contribution >= 4 is 37.2 Å². The van der Waals surface area contributed by atoms with Gasteiger partial charge in [-0.1, -0.05) is 18.2 Å². The first-order valence-electron chi connectivity index (χ1n) is 4.29. The third-order valence-corrected chi connectivity index (χ3v) is 2.70. The summed E-state index contributed by atoms with van der Waals surface area (Å²) in [6, 6.07) is 9.96. The Morgan fingerprint density at radius 2 is 2.07 bits per heavy atom. The second kappa shape index (κ2) is 3.65. The molecule has 2 rings (SSSR count). The van der Waals surface area contributed by atoms with Crippen LogP contribution in [0, 0.1) is 12.3 Å². The molecular weight excluding hydrogens is 287 g/mol. The van der Waals surface area contributed by atoms with Gasteiger partial charge in [0.2, 0.25) is 0 Å². The maximum absolute atomic E-state index is 7.53. The highest BCUT2D eigenvalue weighted by Gasteiger charge is 2.03. The monoisotopic (exact) mass is 296 g/mol. The number of rotatable bonds is 1. The van der Waals surface area contributed by atoms with Gasteiger partial charge < -0.3 is 0 Å². The van der Waals surface area contributed by atoms with Crippen LogP contribution >= 0.6 is 22.6 Å². The Hall–Kier alpha value is -0.970. The highest BCUT2D eigenvalue weighted by atomic mass is 127. The largest absolute Gasteiger partial charge is 0.292 e. The van der Waals surface area contributed by atoms with Gasteiger partial charge in [0.05, 0.1) is 11.2 Å². The van der Waals surface area contributed by atoms with Crippen LogP contribution in [0.15, 0.2) is 30.3 Å². The standard InChI is InChI=1S/C11H9IN2/c1-7-6-10(11(12)13)14-9-5-3-2-4-8(7)9/h2-6,13H,1H3. The van der Waals surface area contributed by atoms with Crippen molar-refractivity contribution in [3.63, 3.8) is 0 Å². The van der Waals surface area contributed by atoms with Crippen LogP contribution < -0.4 is 0 Å². The van der Waals surface area contributed by atoms with Crippen molar-refractivity contribution in [3.05, 3.63) is 41.6 Å². The van der Waals surface area contributed by atoms with Crippen LogP contribution in [0.25, 0.3) is 10.9 Å². The summed E-state index contributed by atoms with van der Waals surface area (Å²) in [7, 11) is 0. The molecule has 0 spiro atoms. The summed E-state index contributed by atoms with van der Waals surface area (Å²) in [5.41, 5.74) is 2.89. The molecule has 1 aromatic carbocycles. The molecule has 2 aromatic rings. The number of hydrogen-bond acceptors (Lipinski definition) is 2. The third-order valence-electron chi connectivity index (χ3n) is 2.15. The molecule has 0 unspecified atom stereocenters. The van der Waals surface area contributed by atoms with Gasteiger partial charge in [-0.05, 0) is 47.2 Å². The Balaban J connectivity index is 2.78. The molecule has 2 nitrogen and oxygen atoms in total. The molecule has 0 atom stereocenters. The smallest absolute Gasteiger partial charge is 0.118 e. The molecule has 3 heteroatoms. The van der Waals surface area contributed by atoms with Crippen molar-refractivity contribution in [2.75, 3.05) is 0 Å². The summed E-state index contributed by atoms with van der Waals surface area (Å²) in [5.74, 6) is 0. The molecule has 0 aliphatic heterocycles. The third kappa shape index (κ3) is 1.64. The molecule has 0 radical (unpaired) electrons. The van der Waals surface area contributed by atoms with Crippen molar-refractivity contribution in [3.8, 4) is 0 Å². The maximum Gasteiger partial charge on any atom is 0.118 e. The SMILES string of the molecule is Cc1cc(C(=N)I)nc2ccccc12. The zero-order chi connectivity index (χ0) is 10.1. The summed E-state index contributed by atoms with van der Waals surface area (Å²) in [4.78, 5) is 4.40. The van der Waals surface area contributed by atoms with E-state index in [0.717, 1.165) is 16.6 Å². The number of nitrogens with zero attached hydrogens (tertiary/aromatic N) is 1. The Kier molecular flexibility index (Phi) is 2.50. The number of fused-ring (bicyclic) bond motifs is 1. The van der Waals surface area contributed by atoms with Crippen LogP contribution in [-0.4, -0.2) is 8.70 Å². The second-order valence-electron chi connectivity index (χ2n) is 3.16. The van der Waals surface area contributed by atoms with E-state index >= 15 is 0 Å². The number of para-hydroxylation sites is 1. The van der Waals surface area contributed by atoms with E-state index in [1.807, 2.05) is 53.8 Å². The molecule has 1 heterocycles. The zero-order valence-electron chi connectivity index (χ0n) is 7.71. The Morgan fingerprint density at radius 1 is 1.36 bits per heavy atom. The lowest BCUT2D eigenvalue weighted by atomic mass is 10.1. The fourth-order valence-electron chi connectivity index (χ4n) is 1.46. The molecular formula is C11H9IN2. The second-order valence-corrected chi connectivity index (χ2v) is 4.23. The van der Waals surface area contributed by atoms with Gasteiger partial charge in [0.1, 0.15) is 3.72 Å². The highest BCUT2D eigenvalue weighted by molar-refractivity contribution is 14.1. The minimum atomic E-state index is 0.483. The molecule has 1 N–H and O–H groups in total. The highest BCUT2D eigenvalue weighted by Crippen LogP contribution is 2.18. The van der Waals surface area contributed by atoms with Gasteiger partial charge in [-0.15, -0.1) is 0 Å². The van der Waals surface area contributed by atoms with Crippen molar-refractivity contribution in [1.82, 2.24) is 4.98 Å². The Bertz CT molecular complexity index is 506. The van der Waals surface area contributed by atoms with Crippen LogP contribution in [0.5, 0.6) is 0 Å². The molecule has 0 aliphatic carbocycles. The lowest BCUT2D eigenvalue weighted by molar-refractivity contribution is 1.33. The first-order valence-corrected chi connectivity index (χ1v) is 5.37. The van der Waals surface area contributed by atoms with Gasteiger partial charge in [-0.3, -0.25) is 5.41 Å². The number of hydrogen-bond donors (Lipinski definition) is 1. The number of nitrogens with one attached hydrogen (secondary N) is 1. The van der Waals surface area contributed by atoms with Crippen LogP contribution in [0.1, 0.15) is 11.3 Å². The number of aryl methyl sites for hydroxylation is 1. The van der Waals surface area contributed by atoms with Crippen LogP contribution in [-0.2, 0) is 0 Å². The summed E-state index contributed by atoms with van der Waals surface area (Å²) in [6.07, 6.45) is 0. The average molecular weight is 296 g/mol. The lowest BCUT2D eigenvalue weighted by Gasteiger charge is -2.03. The van der Waals surface area contributed by atoms with Gasteiger partial charge >= 0.3 is 0 Å². The summed E-state index contributed by atoms with van der Waals surface area (Å²) < 4.78 is 0.483. The van der Waals surface area contributed by atoms with Crippen LogP contribution in [0.4, 0.5) is 0 Å². The Labute approximate surface area is 96.0 Å². The maximum atomic E-state index is 7.53. The predicted molar refractivity (Wildman–Crippen MR) is 67.3 cm³/mol. The van der Waals surface area contributed by atoms with E-state index in [-0.39, 0.29) is 0 Å². The normalized spacial score (nSPS) is 10.4. The number of aromatic nitrogens is 1. The number of pyridine rings is 1. The topological polar surface area (TPSA) is 36.7 Å². The van der Waals surface area contributed by atoms with E-state index in [1.165, 1.54) is 5.56 Å². The van der Waals surface area contributed by atoms with Gasteiger partial charge in [-0.2, -0.15) is 0 Å². The first kappa shape index (κ1) is 9.58. The van der Waals surface area contributed by atoms with Crippen molar-refractivity contribution < 1.29 is 0 Å². The fraction of sp³-hybridized carbons (Fsp3) is 0.0909. The number of halogens is 1. The minimum Gasteiger partial charge on any atom is -0.292 e. The number of benzene rings is 1. The fourth-order valence-corrected chi connectivity index (χ4v) is 1.74. The molecule has 0 saturated carbocycles. The molecule has 0 amide bonds. The molecule has 0 fully saturated rings. The molecule has 1 aromatic heterocycles. The molecule has 70 valence electrons. The van der Waals surface area contributed by atoms with E-state index in [0.29, 0.717) is 3.72 Å². The van der Waals surface area contributed by atoms with Crippen molar-refractivity contribution in [1.29, 1.82) is 5.41 Å². The van der Waals surface area contributed by atoms with Gasteiger partial charge in [0.25, 0.3) is 0 Å². The van der Waals surface area contributed by atoms with Crippen LogP contribution in [0.2, 0.25) is 0 Å². The predicted octanol–water partition coefficient (Wildman–Crippen LogP) is 3.30. The summed E-state index contributed by atoms with van der Waals surface area (Å²) in [5, 5.41) is 8.69. The van der Waals surface area contributed by atoms with Crippen molar-refractivity contribution in [2.24, 2.45) is 0 Å². The van der Waals surface area contributed by atoms with E-state index in [9.17, 15) is 0 Å². The zero-order valence-corrected chi connectivity index (χ0v) is 9.87. The van der Waals surface area contributed by atoms with E-state index in [4.69, 9.17) is 5.41 Å². The summed E-state index contributed by atoms with van der Waals surface area (Å²) in [6.45, 7) is 2.05. The van der Waals surface area contributed by atoms with Gasteiger partial charge in [0, 0.05) is 5.39 Å².